The summed E-state index contributed by atoms with van der Waals surface area (Å²) in [5.41, 5.74) is -0.738. The second-order valence-corrected chi connectivity index (χ2v) is 3.21. The number of nitrogens with zero attached hydrogens (tertiary/aromatic N) is 2. The highest BCUT2D eigenvalue weighted by Crippen LogP contribution is 2.15. The number of terminal acetylenes is 1. The Bertz CT molecular complexity index is 467. The highest BCUT2D eigenvalue weighted by atomic mass is 35.5. The smallest absolute Gasteiger partial charge is 0.292 e. The Morgan fingerprint density at radius 3 is 2.94 bits per heavy atom. The molecule has 0 aliphatic carbocycles. The fourth-order valence-corrected chi connectivity index (χ4v) is 1.20. The van der Waals surface area contributed by atoms with Crippen LogP contribution in [0.25, 0.3) is 0 Å². The van der Waals surface area contributed by atoms with Crippen LogP contribution >= 0.6 is 11.6 Å². The molecule has 0 aromatic carbocycles. The highest BCUT2D eigenvalue weighted by Gasteiger charge is 2.11. The molecule has 0 fully saturated rings. The summed E-state index contributed by atoms with van der Waals surface area (Å²) in [6.45, 7) is -0.700. The number of anilines is 1. The average Bonchev–Trinajstić information content (AvgIpc) is 2.22. The first-order chi connectivity index (χ1) is 7.56. The van der Waals surface area contributed by atoms with Crippen LogP contribution < -0.4 is 10.9 Å². The Hall–Kier alpha value is -1.61. The molecule has 1 rings (SSSR count). The van der Waals surface area contributed by atoms with Crippen molar-refractivity contribution in [3.05, 3.63) is 21.6 Å². The molecule has 0 spiro atoms. The Labute approximate surface area is 95.2 Å². The number of hydrogen-bond donors (Lipinski definition) is 1. The van der Waals surface area contributed by atoms with Gasteiger partial charge >= 0.3 is 0 Å². The highest BCUT2D eigenvalue weighted by molar-refractivity contribution is 6.32. The normalized spacial score (nSPS) is 10.2. The number of halogens is 3. The first-order valence-corrected chi connectivity index (χ1v) is 4.65. The summed E-state index contributed by atoms with van der Waals surface area (Å²) in [5, 5.41) is 5.90. The van der Waals surface area contributed by atoms with E-state index in [9.17, 15) is 13.6 Å². The molecule has 0 radical (unpaired) electrons. The van der Waals surface area contributed by atoms with Crippen LogP contribution in [0.2, 0.25) is 5.02 Å². The fourth-order valence-electron chi connectivity index (χ4n) is 1.01. The second kappa shape index (κ2) is 5.47. The summed E-state index contributed by atoms with van der Waals surface area (Å²) in [7, 11) is 0. The molecule has 7 heteroatoms. The molecular weight excluding hydrogens is 240 g/mol. The van der Waals surface area contributed by atoms with E-state index in [2.05, 4.69) is 16.3 Å². The van der Waals surface area contributed by atoms with Gasteiger partial charge in [-0.3, -0.25) is 4.79 Å². The molecule has 1 aromatic heterocycles. The Morgan fingerprint density at radius 1 is 1.69 bits per heavy atom. The molecule has 0 saturated carbocycles. The average molecular weight is 248 g/mol. The molecule has 0 aliphatic rings. The van der Waals surface area contributed by atoms with Crippen molar-refractivity contribution >= 4 is 17.3 Å². The lowest BCUT2D eigenvalue weighted by Crippen LogP contribution is -2.27. The zero-order valence-electron chi connectivity index (χ0n) is 8.08. The Kier molecular flexibility index (Phi) is 4.26. The van der Waals surface area contributed by atoms with Gasteiger partial charge in [-0.1, -0.05) is 17.5 Å². The quantitative estimate of drug-likeness (QED) is 0.814. The molecule has 86 valence electrons. The van der Waals surface area contributed by atoms with Crippen LogP contribution in [0.3, 0.4) is 0 Å². The summed E-state index contributed by atoms with van der Waals surface area (Å²) < 4.78 is 24.9. The summed E-state index contributed by atoms with van der Waals surface area (Å²) in [6, 6.07) is 0. The van der Waals surface area contributed by atoms with Crippen LogP contribution in [-0.4, -0.2) is 22.8 Å². The van der Waals surface area contributed by atoms with Crippen molar-refractivity contribution in [3.63, 3.8) is 0 Å². The van der Waals surface area contributed by atoms with Gasteiger partial charge in [-0.2, -0.15) is 5.10 Å². The van der Waals surface area contributed by atoms with Gasteiger partial charge in [-0.25, -0.2) is 13.5 Å². The van der Waals surface area contributed by atoms with E-state index in [1.54, 1.807) is 0 Å². The molecule has 0 atom stereocenters. The topological polar surface area (TPSA) is 46.9 Å². The van der Waals surface area contributed by atoms with Gasteiger partial charge in [-0.15, -0.1) is 6.42 Å². The van der Waals surface area contributed by atoms with Crippen LogP contribution in [0.4, 0.5) is 14.5 Å². The zero-order valence-corrected chi connectivity index (χ0v) is 8.84. The number of nitrogens with one attached hydrogen (secondary N) is 1. The zero-order chi connectivity index (χ0) is 12.1. The Balaban J connectivity index is 3.03. The number of alkyl halides is 2. The third kappa shape index (κ3) is 2.94. The largest absolute Gasteiger partial charge is 0.374 e. The van der Waals surface area contributed by atoms with Crippen LogP contribution in [0.5, 0.6) is 0 Å². The standard InChI is InChI=1S/C9H8ClF2N3O/c1-2-3-15-9(16)8(6(10)4-14-15)13-5-7(11)12/h1,4,7,13H,3,5H2. The van der Waals surface area contributed by atoms with Gasteiger partial charge in [0.1, 0.15) is 12.2 Å². The van der Waals surface area contributed by atoms with Crippen LogP contribution in [0, 0.1) is 12.3 Å². The minimum absolute atomic E-state index is 0.0149. The number of rotatable bonds is 4. The molecule has 1 aromatic rings. The van der Waals surface area contributed by atoms with Crippen molar-refractivity contribution in [2.24, 2.45) is 0 Å². The first-order valence-electron chi connectivity index (χ1n) is 4.27. The molecule has 0 unspecified atom stereocenters. The third-order valence-corrected chi connectivity index (χ3v) is 1.96. The molecule has 0 saturated heterocycles. The molecular formula is C9H8ClF2N3O. The maximum absolute atomic E-state index is 12.0. The van der Waals surface area contributed by atoms with Crippen molar-refractivity contribution < 1.29 is 8.78 Å². The van der Waals surface area contributed by atoms with E-state index in [4.69, 9.17) is 18.0 Å². The van der Waals surface area contributed by atoms with Gasteiger partial charge < -0.3 is 5.32 Å². The molecule has 0 aliphatic heterocycles. The van der Waals surface area contributed by atoms with E-state index in [0.717, 1.165) is 4.68 Å². The summed E-state index contributed by atoms with van der Waals surface area (Å²) >= 11 is 5.65. The van der Waals surface area contributed by atoms with Crippen molar-refractivity contribution in [1.29, 1.82) is 0 Å². The summed E-state index contributed by atoms with van der Waals surface area (Å²) in [4.78, 5) is 11.6. The van der Waals surface area contributed by atoms with E-state index < -0.39 is 18.5 Å². The van der Waals surface area contributed by atoms with Crippen molar-refractivity contribution in [1.82, 2.24) is 9.78 Å². The van der Waals surface area contributed by atoms with E-state index in [1.807, 2.05) is 0 Å². The maximum Gasteiger partial charge on any atom is 0.292 e. The SMILES string of the molecule is C#CCn1ncc(Cl)c(NCC(F)F)c1=O. The van der Waals surface area contributed by atoms with Crippen molar-refractivity contribution in [2.45, 2.75) is 13.0 Å². The molecule has 4 nitrogen and oxygen atoms in total. The summed E-state index contributed by atoms with van der Waals surface area (Å²) in [5.74, 6) is 2.22. The van der Waals surface area contributed by atoms with Crippen molar-refractivity contribution in [2.75, 3.05) is 11.9 Å². The van der Waals surface area contributed by atoms with Gasteiger partial charge in [0.15, 0.2) is 0 Å². The lowest BCUT2D eigenvalue weighted by molar-refractivity contribution is 0.163. The van der Waals surface area contributed by atoms with E-state index >= 15 is 0 Å². The molecule has 1 N–H and O–H groups in total. The van der Waals surface area contributed by atoms with Crippen molar-refractivity contribution in [3.8, 4) is 12.3 Å². The van der Waals surface area contributed by atoms with E-state index in [1.165, 1.54) is 6.20 Å². The van der Waals surface area contributed by atoms with Crippen LogP contribution in [-0.2, 0) is 6.54 Å². The lowest BCUT2D eigenvalue weighted by atomic mass is 10.4. The fraction of sp³-hybridized carbons (Fsp3) is 0.333. The lowest BCUT2D eigenvalue weighted by Gasteiger charge is -2.08. The number of aromatic nitrogens is 2. The first kappa shape index (κ1) is 12.5. The minimum atomic E-state index is -2.58. The monoisotopic (exact) mass is 247 g/mol. The predicted molar refractivity (Wildman–Crippen MR) is 56.8 cm³/mol. The molecule has 0 amide bonds. The molecule has 1 heterocycles. The van der Waals surface area contributed by atoms with Crippen LogP contribution in [0.15, 0.2) is 11.0 Å². The van der Waals surface area contributed by atoms with Gasteiger partial charge in [-0.05, 0) is 0 Å². The predicted octanol–water partition coefficient (Wildman–Crippen LogP) is 1.21. The van der Waals surface area contributed by atoms with Gasteiger partial charge in [0.25, 0.3) is 12.0 Å². The number of hydrogen-bond acceptors (Lipinski definition) is 3. The van der Waals surface area contributed by atoms with Crippen LogP contribution in [0.1, 0.15) is 0 Å². The minimum Gasteiger partial charge on any atom is -0.374 e. The van der Waals surface area contributed by atoms with Gasteiger partial charge in [0, 0.05) is 0 Å². The van der Waals surface area contributed by atoms with E-state index in [0.29, 0.717) is 0 Å². The Morgan fingerprint density at radius 2 is 2.38 bits per heavy atom. The second-order valence-electron chi connectivity index (χ2n) is 2.81. The molecule has 16 heavy (non-hydrogen) atoms. The molecule has 0 bridgehead atoms. The third-order valence-electron chi connectivity index (χ3n) is 1.67. The van der Waals surface area contributed by atoms with Gasteiger partial charge in [0.05, 0.1) is 17.8 Å². The maximum atomic E-state index is 12.0. The summed E-state index contributed by atoms with van der Waals surface area (Å²) in [6.07, 6.45) is 3.61. The van der Waals surface area contributed by atoms with Gasteiger partial charge in [0.2, 0.25) is 0 Å². The van der Waals surface area contributed by atoms with E-state index in [-0.39, 0.29) is 17.3 Å².